The Labute approximate surface area is 196 Å². The maximum absolute atomic E-state index is 13.5. The number of anilines is 1. The van der Waals surface area contributed by atoms with Crippen molar-refractivity contribution >= 4 is 32.5 Å². The van der Waals surface area contributed by atoms with Crippen molar-refractivity contribution in [3.8, 4) is 0 Å². The van der Waals surface area contributed by atoms with Crippen molar-refractivity contribution in [1.29, 1.82) is 0 Å². The molecule has 0 bridgehead atoms. The average molecular weight is 469 g/mol. The number of carbonyl (C=O) groups excluding carboxylic acids is 1. The van der Waals surface area contributed by atoms with Gasteiger partial charge in [0.2, 0.25) is 10.0 Å². The van der Waals surface area contributed by atoms with Gasteiger partial charge in [0.1, 0.15) is 5.69 Å². The summed E-state index contributed by atoms with van der Waals surface area (Å²) in [7, 11) is -0.505. The maximum Gasteiger partial charge on any atom is 0.270 e. The van der Waals surface area contributed by atoms with Gasteiger partial charge in [-0.05, 0) is 62.7 Å². The molecular weight excluding hydrogens is 436 g/mol. The lowest BCUT2D eigenvalue weighted by atomic mass is 10.1. The number of benzene rings is 2. The second-order valence-electron chi connectivity index (χ2n) is 8.91. The fraction of sp³-hybridized carbons (Fsp3) is 0.400. The molecule has 7 nitrogen and oxygen atoms in total. The van der Waals surface area contributed by atoms with E-state index in [4.69, 9.17) is 0 Å². The Bertz CT molecular complexity index is 1300. The van der Waals surface area contributed by atoms with Crippen LogP contribution in [0.2, 0.25) is 0 Å². The third kappa shape index (κ3) is 4.25. The third-order valence-corrected chi connectivity index (χ3v) is 8.25. The van der Waals surface area contributed by atoms with E-state index in [1.807, 2.05) is 22.5 Å². The number of sulfonamides is 1. The van der Waals surface area contributed by atoms with E-state index >= 15 is 0 Å². The van der Waals surface area contributed by atoms with Crippen LogP contribution in [-0.4, -0.2) is 67.9 Å². The van der Waals surface area contributed by atoms with Crippen LogP contribution in [0.25, 0.3) is 10.9 Å². The molecular formula is C25H32N4O3S. The fourth-order valence-electron chi connectivity index (χ4n) is 4.63. The number of aromatic nitrogens is 1. The Balaban J connectivity index is 1.61. The molecule has 0 spiro atoms. The molecule has 0 radical (unpaired) electrons. The SMILES string of the molecule is CCn1c(C(=O)N2CCN(c3cccc(C)c3)[C@@H](C)C2)cc2cc(S(=O)(=O)N(C)C)ccc21. The normalized spacial score (nSPS) is 17.2. The summed E-state index contributed by atoms with van der Waals surface area (Å²) in [6, 6.07) is 15.6. The smallest absolute Gasteiger partial charge is 0.270 e. The van der Waals surface area contributed by atoms with Crippen LogP contribution in [-0.2, 0) is 16.6 Å². The molecule has 4 rings (SSSR count). The van der Waals surface area contributed by atoms with Crippen LogP contribution >= 0.6 is 0 Å². The molecule has 1 atom stereocenters. The maximum atomic E-state index is 13.5. The minimum Gasteiger partial charge on any atom is -0.365 e. The van der Waals surface area contributed by atoms with E-state index in [1.54, 1.807) is 18.2 Å². The van der Waals surface area contributed by atoms with Crippen molar-refractivity contribution in [2.75, 3.05) is 38.6 Å². The standard InChI is InChI=1S/C25H32N4O3S/c1-6-28-23-11-10-22(33(31,32)26(4)5)15-20(23)16-24(28)25(30)27-12-13-29(19(3)17-27)21-9-7-8-18(2)14-21/h7-11,14-16,19H,6,12-13,17H2,1-5H3/t19-/m0/s1. The summed E-state index contributed by atoms with van der Waals surface area (Å²) in [6.07, 6.45) is 0. The Kier molecular flexibility index (Phi) is 6.24. The van der Waals surface area contributed by atoms with Gasteiger partial charge < -0.3 is 14.4 Å². The van der Waals surface area contributed by atoms with Gasteiger partial charge in [0.15, 0.2) is 0 Å². The summed E-state index contributed by atoms with van der Waals surface area (Å²) in [5.74, 6) is -0.0131. The first-order chi connectivity index (χ1) is 15.6. The van der Waals surface area contributed by atoms with Crippen molar-refractivity contribution in [2.45, 2.75) is 38.3 Å². The van der Waals surface area contributed by atoms with Crippen LogP contribution in [0.4, 0.5) is 5.69 Å². The van der Waals surface area contributed by atoms with Gasteiger partial charge in [-0.15, -0.1) is 0 Å². The first-order valence-corrected chi connectivity index (χ1v) is 12.8. The first kappa shape index (κ1) is 23.3. The Morgan fingerprint density at radius 1 is 1.09 bits per heavy atom. The van der Waals surface area contributed by atoms with Crippen LogP contribution in [0.3, 0.4) is 0 Å². The number of carbonyl (C=O) groups is 1. The molecule has 3 aromatic rings. The number of nitrogens with zero attached hydrogens (tertiary/aromatic N) is 4. The second-order valence-corrected chi connectivity index (χ2v) is 11.1. The summed E-state index contributed by atoms with van der Waals surface area (Å²) in [5.41, 5.74) is 3.88. The van der Waals surface area contributed by atoms with Gasteiger partial charge in [-0.1, -0.05) is 12.1 Å². The number of rotatable bonds is 5. The van der Waals surface area contributed by atoms with Crippen LogP contribution in [0.15, 0.2) is 53.4 Å². The van der Waals surface area contributed by atoms with E-state index in [9.17, 15) is 13.2 Å². The molecule has 8 heteroatoms. The van der Waals surface area contributed by atoms with Crippen molar-refractivity contribution in [3.05, 3.63) is 59.8 Å². The predicted octanol–water partition coefficient (Wildman–Crippen LogP) is 3.57. The van der Waals surface area contributed by atoms with Crippen molar-refractivity contribution in [1.82, 2.24) is 13.8 Å². The predicted molar refractivity (Wildman–Crippen MR) is 132 cm³/mol. The lowest BCUT2D eigenvalue weighted by Crippen LogP contribution is -2.54. The second kappa shape index (κ2) is 8.83. The Hall–Kier alpha value is -2.84. The third-order valence-electron chi connectivity index (χ3n) is 6.43. The van der Waals surface area contributed by atoms with Gasteiger partial charge in [0, 0.05) is 62.9 Å². The van der Waals surface area contributed by atoms with Crippen LogP contribution in [0.5, 0.6) is 0 Å². The molecule has 1 amide bonds. The summed E-state index contributed by atoms with van der Waals surface area (Å²) in [5, 5.41) is 0.759. The summed E-state index contributed by atoms with van der Waals surface area (Å²) < 4.78 is 28.3. The fourth-order valence-corrected chi connectivity index (χ4v) is 5.57. The molecule has 1 aromatic heterocycles. The van der Waals surface area contributed by atoms with Gasteiger partial charge in [-0.25, -0.2) is 12.7 Å². The van der Waals surface area contributed by atoms with Gasteiger partial charge >= 0.3 is 0 Å². The lowest BCUT2D eigenvalue weighted by molar-refractivity contribution is 0.0716. The molecule has 0 N–H and O–H groups in total. The average Bonchev–Trinajstić information content (AvgIpc) is 3.16. The highest BCUT2D eigenvalue weighted by Gasteiger charge is 2.29. The van der Waals surface area contributed by atoms with E-state index < -0.39 is 10.0 Å². The summed E-state index contributed by atoms with van der Waals surface area (Å²) in [4.78, 5) is 18.0. The number of amides is 1. The molecule has 0 aliphatic carbocycles. The van der Waals surface area contributed by atoms with Crippen LogP contribution in [0.1, 0.15) is 29.9 Å². The Morgan fingerprint density at radius 3 is 2.48 bits per heavy atom. The molecule has 1 aliphatic heterocycles. The van der Waals surface area contributed by atoms with Gasteiger partial charge in [-0.3, -0.25) is 4.79 Å². The van der Waals surface area contributed by atoms with Crippen LogP contribution in [0, 0.1) is 6.92 Å². The first-order valence-electron chi connectivity index (χ1n) is 11.3. The molecule has 0 unspecified atom stereocenters. The van der Waals surface area contributed by atoms with Crippen molar-refractivity contribution in [3.63, 3.8) is 0 Å². The zero-order valence-corrected chi connectivity index (χ0v) is 20.8. The van der Waals surface area contributed by atoms with E-state index in [1.165, 1.54) is 29.7 Å². The number of aryl methyl sites for hydroxylation is 2. The molecule has 2 aromatic carbocycles. The number of fused-ring (bicyclic) bond motifs is 1. The molecule has 33 heavy (non-hydrogen) atoms. The number of hydrogen-bond acceptors (Lipinski definition) is 4. The zero-order valence-electron chi connectivity index (χ0n) is 19.9. The highest BCUT2D eigenvalue weighted by molar-refractivity contribution is 7.89. The zero-order chi connectivity index (χ0) is 23.9. The minimum atomic E-state index is -3.54. The molecule has 0 saturated carbocycles. The topological polar surface area (TPSA) is 65.9 Å². The highest BCUT2D eigenvalue weighted by Crippen LogP contribution is 2.27. The number of piperazine rings is 1. The van der Waals surface area contributed by atoms with E-state index in [2.05, 4.69) is 43.0 Å². The molecule has 1 saturated heterocycles. The highest BCUT2D eigenvalue weighted by atomic mass is 32.2. The number of hydrogen-bond donors (Lipinski definition) is 0. The lowest BCUT2D eigenvalue weighted by Gasteiger charge is -2.41. The van der Waals surface area contributed by atoms with E-state index in [0.29, 0.717) is 25.3 Å². The summed E-state index contributed by atoms with van der Waals surface area (Å²) in [6.45, 7) is 8.92. The van der Waals surface area contributed by atoms with Gasteiger partial charge in [0.05, 0.1) is 4.90 Å². The van der Waals surface area contributed by atoms with E-state index in [0.717, 1.165) is 17.4 Å². The largest absolute Gasteiger partial charge is 0.365 e. The van der Waals surface area contributed by atoms with Crippen molar-refractivity contribution < 1.29 is 13.2 Å². The van der Waals surface area contributed by atoms with E-state index in [-0.39, 0.29) is 16.8 Å². The Morgan fingerprint density at radius 2 is 1.85 bits per heavy atom. The molecule has 1 fully saturated rings. The monoisotopic (exact) mass is 468 g/mol. The van der Waals surface area contributed by atoms with Gasteiger partial charge in [0.25, 0.3) is 5.91 Å². The summed E-state index contributed by atoms with van der Waals surface area (Å²) >= 11 is 0. The van der Waals surface area contributed by atoms with Crippen molar-refractivity contribution in [2.24, 2.45) is 0 Å². The molecule has 176 valence electrons. The van der Waals surface area contributed by atoms with Crippen LogP contribution < -0.4 is 4.90 Å². The minimum absolute atomic E-state index is 0.0131. The van der Waals surface area contributed by atoms with Gasteiger partial charge in [-0.2, -0.15) is 0 Å². The molecule has 1 aliphatic rings. The quantitative estimate of drug-likeness (QED) is 0.574. The molecule has 2 heterocycles.